The van der Waals surface area contributed by atoms with Gasteiger partial charge in [0.1, 0.15) is 18.1 Å². The molecule has 0 unspecified atom stereocenters. The lowest BCUT2D eigenvalue weighted by Gasteiger charge is -2.35. The molecule has 0 saturated heterocycles. The average molecular weight is 298 g/mol. The predicted octanol–water partition coefficient (Wildman–Crippen LogP) is 2.49. The van der Waals surface area contributed by atoms with Crippen LogP contribution in [0, 0.1) is 5.41 Å². The lowest BCUT2D eigenvalue weighted by atomic mass is 9.75. The summed E-state index contributed by atoms with van der Waals surface area (Å²) < 4.78 is 10.8. The molecule has 2 aromatic rings. The monoisotopic (exact) mass is 298 g/mol. The number of hydrogen-bond acceptors (Lipinski definition) is 4. The lowest BCUT2D eigenvalue weighted by molar-refractivity contribution is 0.0383. The second-order valence-electron chi connectivity index (χ2n) is 5.58. The van der Waals surface area contributed by atoms with Gasteiger partial charge in [0.25, 0.3) is 0 Å². The fraction of sp³-hybridized carbons (Fsp3) is 0.278. The fourth-order valence-corrected chi connectivity index (χ4v) is 2.79. The maximum Gasteiger partial charge on any atom is 0.178 e. The number of para-hydroxylation sites is 1. The Morgan fingerprint density at radius 3 is 2.59 bits per heavy atom. The van der Waals surface area contributed by atoms with E-state index in [0.717, 1.165) is 11.3 Å². The summed E-state index contributed by atoms with van der Waals surface area (Å²) in [6.07, 6.45) is 0.431. The van der Waals surface area contributed by atoms with Crippen molar-refractivity contribution in [1.82, 2.24) is 0 Å². The van der Waals surface area contributed by atoms with Crippen LogP contribution in [0.2, 0.25) is 0 Å². The summed E-state index contributed by atoms with van der Waals surface area (Å²) in [6, 6.07) is 14.7. The van der Waals surface area contributed by atoms with Crippen molar-refractivity contribution in [1.29, 1.82) is 0 Å². The zero-order chi connectivity index (χ0) is 15.6. The molecule has 114 valence electrons. The van der Waals surface area contributed by atoms with Gasteiger partial charge in [0.05, 0.1) is 24.7 Å². The van der Waals surface area contributed by atoms with E-state index < -0.39 is 5.41 Å². The number of aliphatic hydroxyl groups is 1. The van der Waals surface area contributed by atoms with Crippen LogP contribution in [0.15, 0.2) is 48.5 Å². The summed E-state index contributed by atoms with van der Waals surface area (Å²) in [4.78, 5) is 12.8. The zero-order valence-electron chi connectivity index (χ0n) is 12.4. The molecule has 0 amide bonds. The highest BCUT2D eigenvalue weighted by Crippen LogP contribution is 2.36. The first-order valence-electron chi connectivity index (χ1n) is 7.19. The van der Waals surface area contributed by atoms with Crippen molar-refractivity contribution in [3.63, 3.8) is 0 Å². The van der Waals surface area contributed by atoms with E-state index in [1.807, 2.05) is 30.3 Å². The highest BCUT2D eigenvalue weighted by molar-refractivity contribution is 6.04. The molecule has 0 aliphatic carbocycles. The van der Waals surface area contributed by atoms with Gasteiger partial charge in [0.2, 0.25) is 0 Å². The van der Waals surface area contributed by atoms with Gasteiger partial charge >= 0.3 is 0 Å². The Labute approximate surface area is 129 Å². The fourth-order valence-electron chi connectivity index (χ4n) is 2.79. The molecule has 0 bridgehead atoms. The minimum atomic E-state index is -0.928. The van der Waals surface area contributed by atoms with Crippen molar-refractivity contribution in [2.75, 3.05) is 20.3 Å². The van der Waals surface area contributed by atoms with Gasteiger partial charge in [-0.05, 0) is 36.2 Å². The number of Topliss-reactive ketones (excluding diaryl/α,β-unsaturated/α-hetero) is 1. The minimum Gasteiger partial charge on any atom is -0.497 e. The SMILES string of the molecule is COc1ccc(C[C@]2(CO)COc3ccccc3C2=O)cc1. The molecule has 0 saturated carbocycles. The smallest absolute Gasteiger partial charge is 0.178 e. The van der Waals surface area contributed by atoms with E-state index >= 15 is 0 Å². The summed E-state index contributed by atoms with van der Waals surface area (Å²) in [5.74, 6) is 1.29. The number of carbonyl (C=O) groups excluding carboxylic acids is 1. The van der Waals surface area contributed by atoms with Gasteiger partial charge in [0, 0.05) is 0 Å². The summed E-state index contributed by atoms with van der Waals surface area (Å²) in [6.45, 7) is -0.0580. The minimum absolute atomic E-state index is 0.0623. The zero-order valence-corrected chi connectivity index (χ0v) is 12.4. The van der Waals surface area contributed by atoms with Crippen molar-refractivity contribution in [3.8, 4) is 11.5 Å². The van der Waals surface area contributed by atoms with Crippen LogP contribution in [0.25, 0.3) is 0 Å². The molecule has 22 heavy (non-hydrogen) atoms. The van der Waals surface area contributed by atoms with Gasteiger partial charge in [-0.2, -0.15) is 0 Å². The van der Waals surface area contributed by atoms with E-state index in [4.69, 9.17) is 9.47 Å². The second kappa shape index (κ2) is 5.81. The maximum atomic E-state index is 12.8. The van der Waals surface area contributed by atoms with Gasteiger partial charge in [-0.3, -0.25) is 4.79 Å². The topological polar surface area (TPSA) is 55.8 Å². The number of aliphatic hydroxyl groups excluding tert-OH is 1. The normalized spacial score (nSPS) is 20.2. The molecule has 0 fully saturated rings. The van der Waals surface area contributed by atoms with E-state index in [1.54, 1.807) is 25.3 Å². The van der Waals surface area contributed by atoms with Crippen molar-refractivity contribution < 1.29 is 19.4 Å². The number of methoxy groups -OCH3 is 1. The van der Waals surface area contributed by atoms with Gasteiger partial charge in [-0.15, -0.1) is 0 Å². The molecule has 2 aromatic carbocycles. The lowest BCUT2D eigenvalue weighted by Crippen LogP contribution is -2.45. The van der Waals surface area contributed by atoms with E-state index in [2.05, 4.69) is 0 Å². The molecule has 0 radical (unpaired) electrons. The molecule has 1 atom stereocenters. The van der Waals surface area contributed by atoms with Crippen LogP contribution in [0.3, 0.4) is 0 Å². The first-order chi connectivity index (χ1) is 10.7. The number of carbonyl (C=O) groups is 1. The second-order valence-corrected chi connectivity index (χ2v) is 5.58. The largest absolute Gasteiger partial charge is 0.497 e. The highest BCUT2D eigenvalue weighted by atomic mass is 16.5. The molecule has 0 aromatic heterocycles. The van der Waals surface area contributed by atoms with E-state index in [1.165, 1.54) is 0 Å². The van der Waals surface area contributed by atoms with Crippen LogP contribution < -0.4 is 9.47 Å². The van der Waals surface area contributed by atoms with E-state index in [9.17, 15) is 9.90 Å². The molecule has 1 N–H and O–H groups in total. The van der Waals surface area contributed by atoms with Crippen molar-refractivity contribution >= 4 is 5.78 Å². The summed E-state index contributed by atoms with van der Waals surface area (Å²) in [5, 5.41) is 9.87. The quantitative estimate of drug-likeness (QED) is 0.942. The van der Waals surface area contributed by atoms with Gasteiger partial charge in [-0.1, -0.05) is 24.3 Å². The molecular formula is C18H18O4. The molecule has 1 aliphatic rings. The predicted molar refractivity (Wildman–Crippen MR) is 82.5 cm³/mol. The van der Waals surface area contributed by atoms with Crippen LogP contribution >= 0.6 is 0 Å². The Morgan fingerprint density at radius 2 is 1.91 bits per heavy atom. The Morgan fingerprint density at radius 1 is 1.18 bits per heavy atom. The number of rotatable bonds is 4. The Kier molecular flexibility index (Phi) is 3.86. The van der Waals surface area contributed by atoms with Gasteiger partial charge in [0.15, 0.2) is 5.78 Å². The first-order valence-corrected chi connectivity index (χ1v) is 7.19. The van der Waals surface area contributed by atoms with Crippen LogP contribution in [0.5, 0.6) is 11.5 Å². The third-order valence-corrected chi connectivity index (χ3v) is 4.12. The Balaban J connectivity index is 1.91. The van der Waals surface area contributed by atoms with E-state index in [-0.39, 0.29) is 19.0 Å². The average Bonchev–Trinajstić information content (AvgIpc) is 2.58. The summed E-state index contributed by atoms with van der Waals surface area (Å²) in [5.41, 5.74) is 0.575. The molecule has 4 nitrogen and oxygen atoms in total. The number of hydrogen-bond donors (Lipinski definition) is 1. The van der Waals surface area contributed by atoms with Crippen LogP contribution in [-0.4, -0.2) is 31.2 Å². The number of ketones is 1. The van der Waals surface area contributed by atoms with Crippen LogP contribution in [0.4, 0.5) is 0 Å². The molecule has 1 aliphatic heterocycles. The molecule has 0 spiro atoms. The van der Waals surface area contributed by atoms with Gasteiger partial charge < -0.3 is 14.6 Å². The molecule has 4 heteroatoms. The Bertz CT molecular complexity index is 678. The summed E-state index contributed by atoms with van der Waals surface area (Å²) >= 11 is 0. The third-order valence-electron chi connectivity index (χ3n) is 4.12. The first kappa shape index (κ1) is 14.6. The molecule has 3 rings (SSSR count). The van der Waals surface area contributed by atoms with E-state index in [0.29, 0.717) is 17.7 Å². The van der Waals surface area contributed by atoms with Crippen molar-refractivity contribution in [3.05, 3.63) is 59.7 Å². The number of ether oxygens (including phenoxy) is 2. The maximum absolute atomic E-state index is 12.8. The van der Waals surface area contributed by atoms with Crippen LogP contribution in [0.1, 0.15) is 15.9 Å². The highest BCUT2D eigenvalue weighted by Gasteiger charge is 2.43. The third kappa shape index (κ3) is 2.46. The van der Waals surface area contributed by atoms with Crippen LogP contribution in [-0.2, 0) is 6.42 Å². The Hall–Kier alpha value is -2.33. The van der Waals surface area contributed by atoms with Crippen molar-refractivity contribution in [2.45, 2.75) is 6.42 Å². The summed E-state index contributed by atoms with van der Waals surface area (Å²) in [7, 11) is 1.61. The standard InChI is InChI=1S/C18H18O4/c1-21-14-8-6-13(7-9-14)10-18(11-19)12-22-16-5-3-2-4-15(16)17(18)20/h2-9,19H,10-12H2,1H3/t18-/m0/s1. The van der Waals surface area contributed by atoms with Crippen molar-refractivity contribution in [2.24, 2.45) is 5.41 Å². The number of fused-ring (bicyclic) bond motifs is 1. The number of benzene rings is 2. The molecular weight excluding hydrogens is 280 g/mol. The molecule has 1 heterocycles. The van der Waals surface area contributed by atoms with Gasteiger partial charge in [-0.25, -0.2) is 0 Å².